The van der Waals surface area contributed by atoms with Gasteiger partial charge in [0.05, 0.1) is 7.11 Å². The highest BCUT2D eigenvalue weighted by Gasteiger charge is 2.42. The largest absolute Gasteiger partial charge is 0.508 e. The van der Waals surface area contributed by atoms with Crippen LogP contribution >= 0.6 is 0 Å². The van der Waals surface area contributed by atoms with Gasteiger partial charge in [-0.25, -0.2) is 4.79 Å². The van der Waals surface area contributed by atoms with Gasteiger partial charge in [-0.2, -0.15) is 0 Å². The van der Waals surface area contributed by atoms with Crippen LogP contribution < -0.4 is 10.6 Å². The van der Waals surface area contributed by atoms with E-state index in [1.54, 1.807) is 37.8 Å². The molecule has 2 unspecified atom stereocenters. The predicted octanol–water partition coefficient (Wildman–Crippen LogP) is 3.86. The Hall–Kier alpha value is -4.08. The minimum absolute atomic E-state index is 0.0742. The maximum Gasteiger partial charge on any atom is 0.408 e. The molecule has 1 fully saturated rings. The van der Waals surface area contributed by atoms with E-state index < -0.39 is 41.6 Å². The molecule has 2 aromatic rings. The fraction of sp³-hybridized carbons (Fsp3) is 0.484. The van der Waals surface area contributed by atoms with Gasteiger partial charge >= 0.3 is 12.1 Å². The molecule has 222 valence electrons. The summed E-state index contributed by atoms with van der Waals surface area (Å²) in [6.07, 6.45) is 1.61. The van der Waals surface area contributed by atoms with Crippen LogP contribution in [0.5, 0.6) is 5.75 Å². The quantitative estimate of drug-likeness (QED) is 0.371. The molecule has 0 aliphatic heterocycles. The van der Waals surface area contributed by atoms with Gasteiger partial charge < -0.3 is 30.1 Å². The summed E-state index contributed by atoms with van der Waals surface area (Å²) in [6.45, 7) is 8.60. The van der Waals surface area contributed by atoms with Crippen molar-refractivity contribution in [3.05, 3.63) is 64.7 Å². The number of alkyl carbamates (subject to hydrolysis) is 1. The van der Waals surface area contributed by atoms with Gasteiger partial charge in [0.2, 0.25) is 11.8 Å². The number of nitrogens with zero attached hydrogens (tertiary/aromatic N) is 1. The molecule has 3 N–H and O–H groups in total. The van der Waals surface area contributed by atoms with E-state index in [1.807, 2.05) is 32.0 Å². The lowest BCUT2D eigenvalue weighted by Crippen LogP contribution is -2.58. The highest BCUT2D eigenvalue weighted by molar-refractivity contribution is 5.94. The average molecular weight is 568 g/mol. The molecule has 10 nitrogen and oxygen atoms in total. The zero-order chi connectivity index (χ0) is 30.3. The molecule has 0 radical (unpaired) electrons. The van der Waals surface area contributed by atoms with Gasteiger partial charge in [0.15, 0.2) is 0 Å². The summed E-state index contributed by atoms with van der Waals surface area (Å²) < 4.78 is 10.2. The number of phenols is 1. The standard InChI is InChI=1S/C31H41N3O7/c1-19-10-11-20(2)24(16-19)27(28(37)32-18-26(36)40-6)34(22-8-7-9-22)29(38)25(33-30(39)41-31(3,4)5)17-21-12-14-23(35)15-13-21/h10-16,22,25,27,35H,7-9,17-18H2,1-6H3,(H,32,37)(H,33,39). The molecule has 0 heterocycles. The van der Waals surface area contributed by atoms with Crippen molar-refractivity contribution < 1.29 is 33.8 Å². The Bertz CT molecular complexity index is 1250. The van der Waals surface area contributed by atoms with Gasteiger partial charge in [-0.15, -0.1) is 0 Å². The van der Waals surface area contributed by atoms with Gasteiger partial charge in [0.1, 0.15) is 30.0 Å². The van der Waals surface area contributed by atoms with Crippen molar-refractivity contribution in [2.24, 2.45) is 0 Å². The summed E-state index contributed by atoms with van der Waals surface area (Å²) in [5.74, 6) is -1.51. The number of rotatable bonds is 10. The van der Waals surface area contributed by atoms with E-state index in [2.05, 4.69) is 10.6 Å². The van der Waals surface area contributed by atoms with Gasteiger partial charge in [-0.05, 0) is 82.7 Å². The number of amides is 3. The molecule has 0 aromatic heterocycles. The zero-order valence-electron chi connectivity index (χ0n) is 24.7. The van der Waals surface area contributed by atoms with E-state index in [9.17, 15) is 24.3 Å². The number of benzene rings is 2. The molecule has 10 heteroatoms. The summed E-state index contributed by atoms with van der Waals surface area (Å²) >= 11 is 0. The second-order valence-electron chi connectivity index (χ2n) is 11.5. The third-order valence-electron chi connectivity index (χ3n) is 6.98. The molecule has 3 amide bonds. The number of carbonyl (C=O) groups excluding carboxylic acids is 4. The lowest BCUT2D eigenvalue weighted by atomic mass is 9.86. The topological polar surface area (TPSA) is 134 Å². The van der Waals surface area contributed by atoms with Crippen molar-refractivity contribution >= 4 is 23.9 Å². The van der Waals surface area contributed by atoms with Crippen LogP contribution in [-0.2, 0) is 30.3 Å². The summed E-state index contributed by atoms with van der Waals surface area (Å²) in [6, 6.07) is 9.66. The molecule has 2 aromatic carbocycles. The fourth-order valence-electron chi connectivity index (χ4n) is 4.68. The lowest BCUT2D eigenvalue weighted by molar-refractivity contribution is -0.148. The number of ether oxygens (including phenoxy) is 2. The summed E-state index contributed by atoms with van der Waals surface area (Å²) in [5.41, 5.74) is 2.25. The van der Waals surface area contributed by atoms with E-state index in [4.69, 9.17) is 9.47 Å². The first-order valence-electron chi connectivity index (χ1n) is 13.8. The van der Waals surface area contributed by atoms with Crippen LogP contribution in [0.4, 0.5) is 4.79 Å². The molecule has 0 bridgehead atoms. The van der Waals surface area contributed by atoms with Crippen molar-refractivity contribution in [2.45, 2.75) is 84.0 Å². The van der Waals surface area contributed by atoms with E-state index in [0.717, 1.165) is 17.5 Å². The normalized spacial score (nSPS) is 14.7. The first kappa shape index (κ1) is 31.4. The zero-order valence-corrected chi connectivity index (χ0v) is 24.7. The summed E-state index contributed by atoms with van der Waals surface area (Å²) in [7, 11) is 1.23. The maximum atomic E-state index is 14.5. The second kappa shape index (κ2) is 13.5. The number of aryl methyl sites for hydroxylation is 2. The number of hydrogen-bond acceptors (Lipinski definition) is 7. The average Bonchev–Trinajstić information content (AvgIpc) is 2.87. The van der Waals surface area contributed by atoms with E-state index in [1.165, 1.54) is 19.2 Å². The van der Waals surface area contributed by atoms with Gasteiger partial charge in [0, 0.05) is 12.5 Å². The van der Waals surface area contributed by atoms with Gasteiger partial charge in [-0.3, -0.25) is 14.4 Å². The Morgan fingerprint density at radius 3 is 2.27 bits per heavy atom. The smallest absolute Gasteiger partial charge is 0.408 e. The molecule has 3 rings (SSSR count). The number of aromatic hydroxyl groups is 1. The van der Waals surface area contributed by atoms with Crippen LogP contribution in [0, 0.1) is 13.8 Å². The third-order valence-corrected chi connectivity index (χ3v) is 6.98. The Kier molecular flexibility index (Phi) is 10.4. The van der Waals surface area contributed by atoms with Crippen LogP contribution in [0.3, 0.4) is 0 Å². The number of esters is 1. The second-order valence-corrected chi connectivity index (χ2v) is 11.5. The predicted molar refractivity (Wildman–Crippen MR) is 153 cm³/mol. The fourth-order valence-corrected chi connectivity index (χ4v) is 4.68. The Balaban J connectivity index is 2.07. The van der Waals surface area contributed by atoms with Crippen LogP contribution in [0.1, 0.15) is 68.3 Å². The molecule has 41 heavy (non-hydrogen) atoms. The third kappa shape index (κ3) is 8.70. The SMILES string of the molecule is COC(=O)CNC(=O)C(c1cc(C)ccc1C)N(C(=O)C(Cc1ccc(O)cc1)NC(=O)OC(C)(C)C)C1CCC1. The molecule has 0 spiro atoms. The van der Waals surface area contributed by atoms with Crippen molar-refractivity contribution in [1.82, 2.24) is 15.5 Å². The van der Waals surface area contributed by atoms with Crippen LogP contribution in [-0.4, -0.2) is 65.2 Å². The first-order chi connectivity index (χ1) is 19.3. The summed E-state index contributed by atoms with van der Waals surface area (Å²) in [5, 5.41) is 15.1. The lowest BCUT2D eigenvalue weighted by Gasteiger charge is -2.44. The first-order valence-corrected chi connectivity index (χ1v) is 13.8. The monoisotopic (exact) mass is 567 g/mol. The van der Waals surface area contributed by atoms with Crippen molar-refractivity contribution in [2.75, 3.05) is 13.7 Å². The minimum Gasteiger partial charge on any atom is -0.508 e. The molecule has 1 aliphatic carbocycles. The van der Waals surface area contributed by atoms with Crippen LogP contribution in [0.25, 0.3) is 0 Å². The highest BCUT2D eigenvalue weighted by atomic mass is 16.6. The van der Waals surface area contributed by atoms with Crippen molar-refractivity contribution in [1.29, 1.82) is 0 Å². The van der Waals surface area contributed by atoms with Crippen LogP contribution in [0.15, 0.2) is 42.5 Å². The Labute approximate surface area is 241 Å². The van der Waals surface area contributed by atoms with Gasteiger partial charge in [-0.1, -0.05) is 35.9 Å². The van der Waals surface area contributed by atoms with Gasteiger partial charge in [0.25, 0.3) is 0 Å². The Morgan fingerprint density at radius 1 is 1.05 bits per heavy atom. The van der Waals surface area contributed by atoms with Crippen LogP contribution in [0.2, 0.25) is 0 Å². The molecular formula is C31H41N3O7. The summed E-state index contributed by atoms with van der Waals surface area (Å²) in [4.78, 5) is 54.6. The van der Waals surface area contributed by atoms with E-state index >= 15 is 0 Å². The number of methoxy groups -OCH3 is 1. The van der Waals surface area contributed by atoms with Crippen molar-refractivity contribution in [3.63, 3.8) is 0 Å². The molecule has 2 atom stereocenters. The molecular weight excluding hydrogens is 526 g/mol. The number of nitrogens with one attached hydrogen (secondary N) is 2. The van der Waals surface area contributed by atoms with E-state index in [0.29, 0.717) is 24.0 Å². The molecule has 0 saturated heterocycles. The van der Waals surface area contributed by atoms with E-state index in [-0.39, 0.29) is 24.8 Å². The minimum atomic E-state index is -1.07. The molecule has 1 aliphatic rings. The number of hydrogen-bond donors (Lipinski definition) is 3. The number of carbonyl (C=O) groups is 4. The molecule has 1 saturated carbocycles. The van der Waals surface area contributed by atoms with Crippen molar-refractivity contribution in [3.8, 4) is 5.75 Å². The number of phenolic OH excluding ortho intramolecular Hbond substituents is 1. The Morgan fingerprint density at radius 2 is 1.71 bits per heavy atom. The maximum absolute atomic E-state index is 14.5. The highest BCUT2D eigenvalue weighted by Crippen LogP contribution is 2.35.